The maximum Gasteiger partial charge on any atom is 0.0374 e. The van der Waals surface area contributed by atoms with Crippen molar-refractivity contribution in [3.63, 3.8) is 0 Å². The van der Waals surface area contributed by atoms with Gasteiger partial charge in [-0.05, 0) is 61.1 Å². The number of hydrogen-bond donors (Lipinski definition) is 0. The van der Waals surface area contributed by atoms with Crippen molar-refractivity contribution in [3.05, 3.63) is 38.6 Å². The number of rotatable bonds is 2. The highest BCUT2D eigenvalue weighted by atomic mass is 32.1. The molecule has 2 aliphatic carbocycles. The van der Waals surface area contributed by atoms with Crippen molar-refractivity contribution in [2.45, 2.75) is 59.8 Å². The van der Waals surface area contributed by atoms with E-state index in [4.69, 9.17) is 0 Å². The van der Waals surface area contributed by atoms with Gasteiger partial charge in [-0.1, -0.05) is 38.5 Å². The molecular weight excluding hydrogens is 248 g/mol. The Morgan fingerprint density at radius 1 is 1.32 bits per heavy atom. The monoisotopic (exact) mass is 272 g/mol. The summed E-state index contributed by atoms with van der Waals surface area (Å²) < 4.78 is 0. The molecule has 1 heteroatoms. The molecule has 102 valence electrons. The summed E-state index contributed by atoms with van der Waals surface area (Å²) in [6.45, 7) is 9.43. The zero-order chi connectivity index (χ0) is 13.6. The van der Waals surface area contributed by atoms with Crippen LogP contribution in [0.25, 0.3) is 5.57 Å². The minimum Gasteiger partial charge on any atom is -0.140 e. The Morgan fingerprint density at radius 3 is 2.79 bits per heavy atom. The van der Waals surface area contributed by atoms with Crippen LogP contribution >= 0.6 is 11.3 Å². The van der Waals surface area contributed by atoms with Gasteiger partial charge < -0.3 is 0 Å². The van der Waals surface area contributed by atoms with Crippen LogP contribution in [-0.4, -0.2) is 0 Å². The molecule has 3 rings (SSSR count). The normalized spacial score (nSPS) is 21.1. The standard InChI is InChI=1S/C18H24S/c1-5-13-6-7-14(10-13)17-12(2)15-11-18(3,4)9-8-16(15)19-17/h7,10H,5-6,8-9,11H2,1-4H3. The van der Waals surface area contributed by atoms with Gasteiger partial charge in [0.2, 0.25) is 0 Å². The minimum absolute atomic E-state index is 0.491. The van der Waals surface area contributed by atoms with Crippen LogP contribution in [-0.2, 0) is 12.8 Å². The van der Waals surface area contributed by atoms with Crippen LogP contribution in [0.5, 0.6) is 0 Å². The van der Waals surface area contributed by atoms with Crippen LogP contribution in [0.1, 0.15) is 60.9 Å². The maximum absolute atomic E-state index is 2.43. The van der Waals surface area contributed by atoms with Gasteiger partial charge in [0.25, 0.3) is 0 Å². The van der Waals surface area contributed by atoms with Crippen molar-refractivity contribution < 1.29 is 0 Å². The van der Waals surface area contributed by atoms with Crippen molar-refractivity contribution in [2.75, 3.05) is 0 Å². The summed E-state index contributed by atoms with van der Waals surface area (Å²) >= 11 is 2.06. The molecule has 0 N–H and O–H groups in total. The van der Waals surface area contributed by atoms with Crippen molar-refractivity contribution in [3.8, 4) is 0 Å². The molecule has 0 radical (unpaired) electrons. The van der Waals surface area contributed by atoms with Gasteiger partial charge in [0.15, 0.2) is 0 Å². The number of allylic oxidation sites excluding steroid dienone is 4. The van der Waals surface area contributed by atoms with Gasteiger partial charge in [0.05, 0.1) is 0 Å². The maximum atomic E-state index is 2.43. The first-order valence-corrected chi connectivity index (χ1v) is 8.33. The number of hydrogen-bond acceptors (Lipinski definition) is 1. The van der Waals surface area contributed by atoms with Crippen LogP contribution in [0, 0.1) is 12.3 Å². The predicted octanol–water partition coefficient (Wildman–Crippen LogP) is 5.69. The Labute approximate surface area is 121 Å². The summed E-state index contributed by atoms with van der Waals surface area (Å²) in [5, 5.41) is 0. The van der Waals surface area contributed by atoms with Gasteiger partial charge in [-0.3, -0.25) is 0 Å². The van der Waals surface area contributed by atoms with Gasteiger partial charge in [-0.15, -0.1) is 11.3 Å². The summed E-state index contributed by atoms with van der Waals surface area (Å²) in [4.78, 5) is 3.21. The highest BCUT2D eigenvalue weighted by molar-refractivity contribution is 7.13. The first kappa shape index (κ1) is 13.2. The Hall–Kier alpha value is -0.820. The van der Waals surface area contributed by atoms with Gasteiger partial charge in [0, 0.05) is 9.75 Å². The third-order valence-corrected chi connectivity index (χ3v) is 6.14. The third kappa shape index (κ3) is 2.33. The summed E-state index contributed by atoms with van der Waals surface area (Å²) in [6.07, 6.45) is 11.1. The fraction of sp³-hybridized carbons (Fsp3) is 0.556. The molecule has 0 amide bonds. The van der Waals surface area contributed by atoms with E-state index in [-0.39, 0.29) is 0 Å². The molecule has 0 spiro atoms. The van der Waals surface area contributed by atoms with Gasteiger partial charge in [0.1, 0.15) is 0 Å². The van der Waals surface area contributed by atoms with Crippen LogP contribution in [0.4, 0.5) is 0 Å². The van der Waals surface area contributed by atoms with E-state index in [0.717, 1.165) is 0 Å². The Balaban J connectivity index is 1.98. The van der Waals surface area contributed by atoms with E-state index < -0.39 is 0 Å². The molecular formula is C18H24S. The molecule has 1 heterocycles. The Bertz CT molecular complexity index is 567. The van der Waals surface area contributed by atoms with Crippen molar-refractivity contribution in [1.29, 1.82) is 0 Å². The summed E-state index contributed by atoms with van der Waals surface area (Å²) in [6, 6.07) is 0. The molecule has 0 aromatic carbocycles. The average molecular weight is 272 g/mol. The highest BCUT2D eigenvalue weighted by Gasteiger charge is 2.29. The zero-order valence-corrected chi connectivity index (χ0v) is 13.4. The number of fused-ring (bicyclic) bond motifs is 1. The van der Waals surface area contributed by atoms with E-state index in [9.17, 15) is 0 Å². The van der Waals surface area contributed by atoms with Crippen LogP contribution in [0.2, 0.25) is 0 Å². The molecule has 0 unspecified atom stereocenters. The summed E-state index contributed by atoms with van der Waals surface area (Å²) in [5.74, 6) is 0. The van der Waals surface area contributed by atoms with Crippen molar-refractivity contribution in [2.24, 2.45) is 5.41 Å². The second-order valence-electron chi connectivity index (χ2n) is 6.82. The van der Waals surface area contributed by atoms with Crippen molar-refractivity contribution >= 4 is 16.9 Å². The van der Waals surface area contributed by atoms with E-state index in [1.165, 1.54) is 37.7 Å². The molecule has 0 aliphatic heterocycles. The number of aryl methyl sites for hydroxylation is 1. The smallest absolute Gasteiger partial charge is 0.0374 e. The van der Waals surface area contributed by atoms with Gasteiger partial charge in [-0.2, -0.15) is 0 Å². The largest absolute Gasteiger partial charge is 0.140 e. The first-order valence-electron chi connectivity index (χ1n) is 7.51. The quantitative estimate of drug-likeness (QED) is 0.648. The fourth-order valence-corrected chi connectivity index (χ4v) is 4.65. The molecule has 1 aromatic rings. The van der Waals surface area contributed by atoms with Gasteiger partial charge >= 0.3 is 0 Å². The molecule has 2 aliphatic rings. The lowest BCUT2D eigenvalue weighted by Crippen LogP contribution is -2.21. The molecule has 0 saturated heterocycles. The van der Waals surface area contributed by atoms with E-state index in [0.29, 0.717) is 5.41 Å². The topological polar surface area (TPSA) is 0 Å². The lowest BCUT2D eigenvalue weighted by molar-refractivity contribution is 0.317. The Morgan fingerprint density at radius 2 is 2.11 bits per heavy atom. The minimum atomic E-state index is 0.491. The second-order valence-corrected chi connectivity index (χ2v) is 7.92. The summed E-state index contributed by atoms with van der Waals surface area (Å²) in [7, 11) is 0. The summed E-state index contributed by atoms with van der Waals surface area (Å²) in [5.41, 5.74) is 6.79. The van der Waals surface area contributed by atoms with Gasteiger partial charge in [-0.25, -0.2) is 0 Å². The third-order valence-electron chi connectivity index (χ3n) is 4.70. The molecule has 1 aromatic heterocycles. The molecule has 0 saturated carbocycles. The Kier molecular flexibility index (Phi) is 3.21. The van der Waals surface area contributed by atoms with Crippen LogP contribution in [0.3, 0.4) is 0 Å². The highest BCUT2D eigenvalue weighted by Crippen LogP contribution is 2.44. The molecule has 0 atom stereocenters. The molecule has 0 bridgehead atoms. The van der Waals surface area contributed by atoms with E-state index >= 15 is 0 Å². The molecule has 0 nitrogen and oxygen atoms in total. The first-order chi connectivity index (χ1) is 9.00. The predicted molar refractivity (Wildman–Crippen MR) is 85.8 cm³/mol. The number of thiophene rings is 1. The van der Waals surface area contributed by atoms with E-state index in [1.54, 1.807) is 26.5 Å². The lowest BCUT2D eigenvalue weighted by atomic mass is 9.76. The van der Waals surface area contributed by atoms with E-state index in [2.05, 4.69) is 51.2 Å². The average Bonchev–Trinajstić information content (AvgIpc) is 2.94. The SMILES string of the molecule is CCC1=CC(c2sc3c(c2C)CC(C)(C)CC3)=CC1. The zero-order valence-electron chi connectivity index (χ0n) is 12.6. The van der Waals surface area contributed by atoms with Crippen LogP contribution < -0.4 is 0 Å². The fourth-order valence-electron chi connectivity index (χ4n) is 3.32. The molecule has 19 heavy (non-hydrogen) atoms. The lowest BCUT2D eigenvalue weighted by Gasteiger charge is -2.29. The van der Waals surface area contributed by atoms with Crippen molar-refractivity contribution in [1.82, 2.24) is 0 Å². The second kappa shape index (κ2) is 4.63. The van der Waals surface area contributed by atoms with E-state index in [1.807, 2.05) is 0 Å². The molecule has 0 fully saturated rings. The van der Waals surface area contributed by atoms with Crippen LogP contribution in [0.15, 0.2) is 17.7 Å².